The van der Waals surface area contributed by atoms with Crippen molar-refractivity contribution < 1.29 is 14.3 Å². The van der Waals surface area contributed by atoms with E-state index < -0.39 is 18.1 Å². The number of benzene rings is 2. The summed E-state index contributed by atoms with van der Waals surface area (Å²) < 4.78 is 5.48. The largest absolute Gasteiger partial charge is 0.456 e. The zero-order chi connectivity index (χ0) is 16.4. The number of fused-ring (bicyclic) bond motifs is 2. The van der Waals surface area contributed by atoms with Crippen LogP contribution in [0.25, 0.3) is 0 Å². The Morgan fingerprint density at radius 3 is 2.48 bits per heavy atom. The molecule has 0 bridgehead atoms. The number of nitrogens with zero attached hydrogens (tertiary/aromatic N) is 1. The van der Waals surface area contributed by atoms with Crippen LogP contribution < -0.4 is 10.6 Å². The fraction of sp³-hybridized carbons (Fsp3) is 0.176. The van der Waals surface area contributed by atoms with E-state index in [0.29, 0.717) is 17.8 Å². The molecule has 2 N–H and O–H groups in total. The molecule has 2 amide bonds. The van der Waals surface area contributed by atoms with Crippen LogP contribution in [0.4, 0.5) is 16.2 Å². The van der Waals surface area contributed by atoms with Crippen molar-refractivity contribution in [2.24, 2.45) is 5.73 Å². The van der Waals surface area contributed by atoms with Gasteiger partial charge in [-0.1, -0.05) is 36.4 Å². The Balaban J connectivity index is 2.18. The molecule has 0 radical (unpaired) electrons. The maximum absolute atomic E-state index is 12.0. The van der Waals surface area contributed by atoms with Gasteiger partial charge in [0.1, 0.15) is 12.0 Å². The van der Waals surface area contributed by atoms with Crippen LogP contribution in [0.2, 0.25) is 0 Å². The van der Waals surface area contributed by atoms with Crippen molar-refractivity contribution in [3.8, 4) is 0 Å². The highest BCUT2D eigenvalue weighted by atomic mass is 35.5. The number of urea groups is 1. The van der Waals surface area contributed by atoms with Gasteiger partial charge in [-0.2, -0.15) is 0 Å². The van der Waals surface area contributed by atoms with E-state index >= 15 is 0 Å². The van der Waals surface area contributed by atoms with Gasteiger partial charge in [-0.25, -0.2) is 4.79 Å². The number of hydrogen-bond donors (Lipinski definition) is 1. The second kappa shape index (κ2) is 6.30. The Morgan fingerprint density at radius 1 is 1.13 bits per heavy atom. The predicted octanol–water partition coefficient (Wildman–Crippen LogP) is 3.28. The fourth-order valence-electron chi connectivity index (χ4n) is 2.84. The molecule has 0 aliphatic carbocycles. The lowest BCUT2D eigenvalue weighted by Gasteiger charge is -2.23. The smallest absolute Gasteiger partial charge is 0.323 e. The highest BCUT2D eigenvalue weighted by Gasteiger charge is 2.30. The summed E-state index contributed by atoms with van der Waals surface area (Å²) in [6, 6.07) is 14.1. The number of halogens is 1. The van der Waals surface area contributed by atoms with Crippen molar-refractivity contribution in [3.05, 3.63) is 59.7 Å². The van der Waals surface area contributed by atoms with E-state index in [4.69, 9.17) is 22.1 Å². The van der Waals surface area contributed by atoms with E-state index in [2.05, 4.69) is 0 Å². The van der Waals surface area contributed by atoms with Gasteiger partial charge in [-0.3, -0.25) is 9.69 Å². The highest BCUT2D eigenvalue weighted by molar-refractivity contribution is 6.26. The summed E-state index contributed by atoms with van der Waals surface area (Å²) in [5.74, 6) is -0.726. The molecule has 0 aromatic heterocycles. The van der Waals surface area contributed by atoms with Gasteiger partial charge in [0.15, 0.2) is 0 Å². The lowest BCUT2D eigenvalue weighted by Crippen LogP contribution is -2.32. The lowest BCUT2D eigenvalue weighted by atomic mass is 10.0. The Bertz CT molecular complexity index is 763. The predicted molar refractivity (Wildman–Crippen MR) is 87.9 cm³/mol. The average Bonchev–Trinajstić information content (AvgIpc) is 2.69. The molecule has 1 aliphatic heterocycles. The number of primary amides is 1. The molecule has 1 aliphatic rings. The van der Waals surface area contributed by atoms with Gasteiger partial charge in [-0.15, -0.1) is 11.6 Å². The Labute approximate surface area is 138 Å². The number of alkyl halides is 1. The molecule has 0 fully saturated rings. The standard InChI is InChI=1S/C17H15ClN2O3/c18-10-16(21)23-15-9-11-5-1-3-7-13(11)20(17(19)22)14-8-4-2-6-12(14)15/h1-8,15H,9-10H2,(H2,19,22)/t15-/m0/s1. The molecule has 0 spiro atoms. The number of hydrogen-bond acceptors (Lipinski definition) is 3. The number of esters is 1. The summed E-state index contributed by atoms with van der Waals surface area (Å²) in [4.78, 5) is 25.2. The number of carbonyl (C=O) groups is 2. The van der Waals surface area contributed by atoms with Crippen LogP contribution in [0, 0.1) is 0 Å². The van der Waals surface area contributed by atoms with E-state index in [9.17, 15) is 9.59 Å². The summed E-state index contributed by atoms with van der Waals surface area (Å²) in [6.45, 7) is 0. The van der Waals surface area contributed by atoms with Crippen LogP contribution in [-0.2, 0) is 16.0 Å². The summed E-state index contributed by atoms with van der Waals surface area (Å²) in [5.41, 5.74) is 8.49. The summed E-state index contributed by atoms with van der Waals surface area (Å²) in [5, 5.41) is 0. The minimum atomic E-state index is -0.589. The zero-order valence-electron chi connectivity index (χ0n) is 12.2. The first-order chi connectivity index (χ1) is 11.1. The van der Waals surface area contributed by atoms with Gasteiger partial charge in [-0.05, 0) is 17.7 Å². The van der Waals surface area contributed by atoms with Crippen LogP contribution in [-0.4, -0.2) is 17.9 Å². The van der Waals surface area contributed by atoms with E-state index in [1.54, 1.807) is 6.07 Å². The average molecular weight is 331 g/mol. The van der Waals surface area contributed by atoms with Crippen LogP contribution in [0.3, 0.4) is 0 Å². The number of para-hydroxylation sites is 2. The van der Waals surface area contributed by atoms with Crippen molar-refractivity contribution in [1.29, 1.82) is 0 Å². The Hall–Kier alpha value is -2.53. The molecule has 0 saturated carbocycles. The molecule has 1 atom stereocenters. The third-order valence-corrected chi connectivity index (χ3v) is 3.98. The van der Waals surface area contributed by atoms with Crippen molar-refractivity contribution in [3.63, 3.8) is 0 Å². The molecule has 0 saturated heterocycles. The third-order valence-electron chi connectivity index (χ3n) is 3.77. The van der Waals surface area contributed by atoms with E-state index in [0.717, 1.165) is 11.1 Å². The Kier molecular flexibility index (Phi) is 4.21. The molecule has 1 heterocycles. The van der Waals surface area contributed by atoms with E-state index in [-0.39, 0.29) is 5.88 Å². The first kappa shape index (κ1) is 15.4. The first-order valence-electron chi connectivity index (χ1n) is 7.13. The number of rotatable bonds is 2. The van der Waals surface area contributed by atoms with Gasteiger partial charge >= 0.3 is 12.0 Å². The van der Waals surface area contributed by atoms with Gasteiger partial charge in [0.25, 0.3) is 0 Å². The van der Waals surface area contributed by atoms with Gasteiger partial charge < -0.3 is 10.5 Å². The highest BCUT2D eigenvalue weighted by Crippen LogP contribution is 2.41. The monoisotopic (exact) mass is 330 g/mol. The summed E-state index contributed by atoms with van der Waals surface area (Å²) >= 11 is 5.56. The van der Waals surface area contributed by atoms with Crippen LogP contribution in [0.15, 0.2) is 48.5 Å². The van der Waals surface area contributed by atoms with Crippen LogP contribution >= 0.6 is 11.6 Å². The lowest BCUT2D eigenvalue weighted by molar-refractivity contribution is -0.146. The summed E-state index contributed by atoms with van der Waals surface area (Å²) in [6.07, 6.45) is -0.0810. The molecule has 118 valence electrons. The first-order valence-corrected chi connectivity index (χ1v) is 7.67. The zero-order valence-corrected chi connectivity index (χ0v) is 13.0. The number of anilines is 2. The minimum Gasteiger partial charge on any atom is -0.456 e. The maximum Gasteiger partial charge on any atom is 0.323 e. The number of carbonyl (C=O) groups excluding carboxylic acids is 2. The molecule has 6 heteroatoms. The van der Waals surface area contributed by atoms with Crippen molar-refractivity contribution in [2.75, 3.05) is 10.8 Å². The van der Waals surface area contributed by atoms with Crippen LogP contribution in [0.1, 0.15) is 17.2 Å². The fourth-order valence-corrected chi connectivity index (χ4v) is 2.90. The normalized spacial score (nSPS) is 16.0. The van der Waals surface area contributed by atoms with Gasteiger partial charge in [0, 0.05) is 12.0 Å². The maximum atomic E-state index is 12.0. The number of amides is 2. The Morgan fingerprint density at radius 2 is 1.78 bits per heavy atom. The molecule has 2 aromatic rings. The molecule has 0 unspecified atom stereocenters. The molecule has 3 rings (SSSR count). The molecular weight excluding hydrogens is 316 g/mol. The SMILES string of the molecule is NC(=O)N1c2ccccc2C[C@H](OC(=O)CCl)c2ccccc21. The second-order valence-corrected chi connectivity index (χ2v) is 5.44. The van der Waals surface area contributed by atoms with Gasteiger partial charge in [0.2, 0.25) is 0 Å². The van der Waals surface area contributed by atoms with Crippen molar-refractivity contribution in [2.45, 2.75) is 12.5 Å². The third kappa shape index (κ3) is 2.87. The van der Waals surface area contributed by atoms with Crippen LogP contribution in [0.5, 0.6) is 0 Å². The van der Waals surface area contributed by atoms with E-state index in [1.807, 2.05) is 42.5 Å². The quantitative estimate of drug-likeness (QED) is 0.678. The molecule has 2 aromatic carbocycles. The number of ether oxygens (including phenoxy) is 1. The summed E-state index contributed by atoms with van der Waals surface area (Å²) in [7, 11) is 0. The van der Waals surface area contributed by atoms with Crippen molar-refractivity contribution >= 4 is 35.0 Å². The van der Waals surface area contributed by atoms with Crippen molar-refractivity contribution in [1.82, 2.24) is 0 Å². The second-order valence-electron chi connectivity index (χ2n) is 5.18. The molecule has 23 heavy (non-hydrogen) atoms. The topological polar surface area (TPSA) is 72.6 Å². The minimum absolute atomic E-state index is 0.222. The number of nitrogens with two attached hydrogens (primary N) is 1. The molecule has 5 nitrogen and oxygen atoms in total. The van der Waals surface area contributed by atoms with Gasteiger partial charge in [0.05, 0.1) is 11.4 Å². The molecular formula is C17H15ClN2O3. The van der Waals surface area contributed by atoms with E-state index in [1.165, 1.54) is 4.90 Å².